The van der Waals surface area contributed by atoms with E-state index in [1.54, 1.807) is 6.92 Å². The van der Waals surface area contributed by atoms with E-state index in [1.807, 2.05) is 0 Å². The normalized spacial score (nSPS) is 9.06. The van der Waals surface area contributed by atoms with Crippen LogP contribution < -0.4 is 0 Å². The van der Waals surface area contributed by atoms with Crippen LogP contribution in [0.3, 0.4) is 0 Å². The first-order valence-electron chi connectivity index (χ1n) is 4.85. The van der Waals surface area contributed by atoms with E-state index in [1.165, 1.54) is 24.0 Å². The first kappa shape index (κ1) is 13.2. The van der Waals surface area contributed by atoms with Gasteiger partial charge in [0.2, 0.25) is 0 Å². The smallest absolute Gasteiger partial charge is 0.359 e. The summed E-state index contributed by atoms with van der Waals surface area (Å²) in [6.45, 7) is 2.00. The molecule has 0 aromatic carbocycles. The highest BCUT2D eigenvalue weighted by Gasteiger charge is 2.14. The number of aromatic nitrogens is 1. The Hall–Kier alpha value is -1.87. The number of hydrogen-bond donors (Lipinski definition) is 0. The van der Waals surface area contributed by atoms with Gasteiger partial charge in [0.15, 0.2) is 5.69 Å². The minimum absolute atomic E-state index is 0.0172. The van der Waals surface area contributed by atoms with Crippen molar-refractivity contribution in [1.82, 2.24) is 4.98 Å². The van der Waals surface area contributed by atoms with Crippen LogP contribution in [0.4, 0.5) is 0 Å². The first-order chi connectivity index (χ1) is 8.19. The predicted octanol–water partition coefficient (Wildman–Crippen LogP) is 1.23. The summed E-state index contributed by atoms with van der Waals surface area (Å²) in [5.74, 6) is 4.40. The standard InChI is InChI=1S/C11H11NO4S/c1-3-16-11(14)10-8(17-7-12-10)5-4-6-9(13)15-2/h7H,3,6H2,1-2H3. The van der Waals surface area contributed by atoms with Crippen molar-refractivity contribution in [3.8, 4) is 11.8 Å². The molecule has 0 unspecified atom stereocenters. The summed E-state index contributed by atoms with van der Waals surface area (Å²) in [5.41, 5.74) is 1.70. The number of methoxy groups -OCH3 is 1. The zero-order valence-electron chi connectivity index (χ0n) is 9.48. The van der Waals surface area contributed by atoms with Crippen molar-refractivity contribution in [2.45, 2.75) is 13.3 Å². The molecule has 0 aliphatic heterocycles. The molecule has 1 aromatic heterocycles. The fraction of sp³-hybridized carbons (Fsp3) is 0.364. The highest BCUT2D eigenvalue weighted by molar-refractivity contribution is 7.10. The van der Waals surface area contributed by atoms with Crippen LogP contribution in [0.1, 0.15) is 28.7 Å². The minimum Gasteiger partial charge on any atom is -0.468 e. The van der Waals surface area contributed by atoms with Crippen LogP contribution in [0.5, 0.6) is 0 Å². The van der Waals surface area contributed by atoms with Crippen molar-refractivity contribution >= 4 is 23.3 Å². The minimum atomic E-state index is -0.504. The number of nitrogens with zero attached hydrogens (tertiary/aromatic N) is 1. The monoisotopic (exact) mass is 253 g/mol. The summed E-state index contributed by atoms with van der Waals surface area (Å²) in [5, 5.41) is 0. The third-order valence-electron chi connectivity index (χ3n) is 1.70. The van der Waals surface area contributed by atoms with Gasteiger partial charge in [-0.2, -0.15) is 0 Å². The summed E-state index contributed by atoms with van der Waals surface area (Å²) in [7, 11) is 1.29. The molecular weight excluding hydrogens is 242 g/mol. The van der Waals surface area contributed by atoms with Crippen molar-refractivity contribution < 1.29 is 19.1 Å². The Morgan fingerprint density at radius 2 is 2.29 bits per heavy atom. The highest BCUT2D eigenvalue weighted by Crippen LogP contribution is 2.12. The Bertz CT molecular complexity index is 469. The Kier molecular flexibility index (Phi) is 5.17. The molecule has 0 amide bonds. The summed E-state index contributed by atoms with van der Waals surface area (Å²) in [6, 6.07) is 0. The van der Waals surface area contributed by atoms with Crippen LogP contribution in [0.25, 0.3) is 0 Å². The van der Waals surface area contributed by atoms with E-state index in [2.05, 4.69) is 21.6 Å². The number of carbonyl (C=O) groups excluding carboxylic acids is 2. The van der Waals surface area contributed by atoms with Gasteiger partial charge >= 0.3 is 11.9 Å². The van der Waals surface area contributed by atoms with E-state index in [-0.39, 0.29) is 18.7 Å². The maximum Gasteiger partial charge on any atom is 0.359 e. The Balaban J connectivity index is 2.75. The molecule has 0 aliphatic carbocycles. The van der Waals surface area contributed by atoms with Gasteiger partial charge in [-0.3, -0.25) is 4.79 Å². The molecule has 0 fully saturated rings. The van der Waals surface area contributed by atoms with Crippen LogP contribution in [0, 0.1) is 11.8 Å². The lowest BCUT2D eigenvalue weighted by Crippen LogP contribution is -2.06. The molecule has 0 aliphatic rings. The van der Waals surface area contributed by atoms with Gasteiger partial charge in [-0.25, -0.2) is 9.78 Å². The fourth-order valence-electron chi connectivity index (χ4n) is 0.949. The Morgan fingerprint density at radius 1 is 1.53 bits per heavy atom. The lowest BCUT2D eigenvalue weighted by atomic mass is 10.3. The second-order valence-corrected chi connectivity index (χ2v) is 3.66. The molecule has 0 saturated heterocycles. The molecule has 0 N–H and O–H groups in total. The van der Waals surface area contributed by atoms with E-state index < -0.39 is 11.9 Å². The molecule has 5 nitrogen and oxygen atoms in total. The second-order valence-electron chi connectivity index (χ2n) is 2.81. The van der Waals surface area contributed by atoms with Crippen molar-refractivity contribution in [2.75, 3.05) is 13.7 Å². The third kappa shape index (κ3) is 3.89. The van der Waals surface area contributed by atoms with Crippen molar-refractivity contribution in [2.24, 2.45) is 0 Å². The Labute approximate surface area is 103 Å². The zero-order valence-corrected chi connectivity index (χ0v) is 10.3. The van der Waals surface area contributed by atoms with Gasteiger partial charge in [-0.1, -0.05) is 11.8 Å². The van der Waals surface area contributed by atoms with Gasteiger partial charge in [-0.05, 0) is 6.92 Å². The lowest BCUT2D eigenvalue weighted by Gasteiger charge is -1.97. The van der Waals surface area contributed by atoms with Crippen molar-refractivity contribution in [1.29, 1.82) is 0 Å². The van der Waals surface area contributed by atoms with Gasteiger partial charge in [0.25, 0.3) is 0 Å². The average molecular weight is 253 g/mol. The Morgan fingerprint density at radius 3 is 2.94 bits per heavy atom. The molecule has 0 atom stereocenters. The van der Waals surface area contributed by atoms with Crippen LogP contribution in [0.15, 0.2) is 5.51 Å². The van der Waals surface area contributed by atoms with E-state index >= 15 is 0 Å². The number of hydrogen-bond acceptors (Lipinski definition) is 6. The van der Waals surface area contributed by atoms with Gasteiger partial charge < -0.3 is 9.47 Å². The molecule has 6 heteroatoms. The topological polar surface area (TPSA) is 65.5 Å². The molecule has 1 aromatic rings. The van der Waals surface area contributed by atoms with E-state index in [0.717, 1.165) is 0 Å². The van der Waals surface area contributed by atoms with Gasteiger partial charge in [0.1, 0.15) is 11.3 Å². The van der Waals surface area contributed by atoms with Crippen LogP contribution in [-0.4, -0.2) is 30.6 Å². The molecule has 0 radical (unpaired) electrons. The molecule has 90 valence electrons. The molecule has 1 heterocycles. The number of thiazole rings is 1. The zero-order chi connectivity index (χ0) is 12.7. The van der Waals surface area contributed by atoms with Crippen LogP contribution >= 0.6 is 11.3 Å². The van der Waals surface area contributed by atoms with E-state index in [9.17, 15) is 9.59 Å². The molecule has 0 spiro atoms. The summed E-state index contributed by atoms with van der Waals surface area (Å²) in [6.07, 6.45) is -0.0172. The largest absolute Gasteiger partial charge is 0.468 e. The van der Waals surface area contributed by atoms with Crippen LogP contribution in [0.2, 0.25) is 0 Å². The number of rotatable bonds is 3. The molecular formula is C11H11NO4S. The SMILES string of the molecule is CCOC(=O)c1ncsc1C#CCC(=O)OC. The van der Waals surface area contributed by atoms with Gasteiger partial charge in [0, 0.05) is 0 Å². The average Bonchev–Trinajstić information content (AvgIpc) is 2.77. The fourth-order valence-corrected chi connectivity index (χ4v) is 1.59. The van der Waals surface area contributed by atoms with Gasteiger partial charge in [0.05, 0.1) is 19.2 Å². The second kappa shape index (κ2) is 6.66. The number of carbonyl (C=O) groups is 2. The highest BCUT2D eigenvalue weighted by atomic mass is 32.1. The van der Waals surface area contributed by atoms with E-state index in [4.69, 9.17) is 4.74 Å². The maximum absolute atomic E-state index is 11.4. The number of esters is 2. The summed E-state index contributed by atoms with van der Waals surface area (Å²) >= 11 is 1.23. The maximum atomic E-state index is 11.4. The van der Waals surface area contributed by atoms with E-state index in [0.29, 0.717) is 4.88 Å². The third-order valence-corrected chi connectivity index (χ3v) is 2.44. The summed E-state index contributed by atoms with van der Waals surface area (Å²) < 4.78 is 9.26. The van der Waals surface area contributed by atoms with Crippen molar-refractivity contribution in [3.63, 3.8) is 0 Å². The van der Waals surface area contributed by atoms with Crippen LogP contribution in [-0.2, 0) is 14.3 Å². The molecule has 0 bridgehead atoms. The van der Waals surface area contributed by atoms with Gasteiger partial charge in [-0.15, -0.1) is 11.3 Å². The number of ether oxygens (including phenoxy) is 2. The van der Waals surface area contributed by atoms with Crippen molar-refractivity contribution in [3.05, 3.63) is 16.1 Å². The predicted molar refractivity (Wildman–Crippen MR) is 61.6 cm³/mol. The lowest BCUT2D eigenvalue weighted by molar-refractivity contribution is -0.139. The molecule has 1 rings (SSSR count). The quantitative estimate of drug-likeness (QED) is 0.599. The molecule has 0 saturated carbocycles. The first-order valence-corrected chi connectivity index (χ1v) is 5.73. The summed E-state index contributed by atoms with van der Waals surface area (Å²) in [4.78, 5) is 26.6. The molecule has 17 heavy (non-hydrogen) atoms.